The van der Waals surface area contributed by atoms with Crippen LogP contribution in [0.1, 0.15) is 19.8 Å². The van der Waals surface area contributed by atoms with Gasteiger partial charge in [0.15, 0.2) is 0 Å². The lowest BCUT2D eigenvalue weighted by Crippen LogP contribution is -2.38. The number of hydrogen-bond donors (Lipinski definition) is 0. The van der Waals surface area contributed by atoms with Gasteiger partial charge in [-0.25, -0.2) is 8.42 Å². The molecule has 1 aliphatic carbocycles. The zero-order valence-corrected chi connectivity index (χ0v) is 9.83. The topological polar surface area (TPSA) is 57.7 Å². The van der Waals surface area contributed by atoms with Crippen LogP contribution in [0.15, 0.2) is 0 Å². The van der Waals surface area contributed by atoms with Crippen molar-refractivity contribution in [2.75, 3.05) is 19.5 Å². The first-order valence-electron chi connectivity index (χ1n) is 5.16. The van der Waals surface area contributed by atoms with Gasteiger partial charge in [-0.05, 0) is 25.7 Å². The van der Waals surface area contributed by atoms with Crippen molar-refractivity contribution in [2.24, 2.45) is 5.92 Å². The summed E-state index contributed by atoms with van der Waals surface area (Å²) in [6.07, 6.45) is 2.01. The highest BCUT2D eigenvalue weighted by atomic mass is 32.2. The lowest BCUT2D eigenvalue weighted by molar-refractivity contribution is -0.127. The number of carbonyl (C=O) groups excluding carboxylic acids is 1. The van der Waals surface area contributed by atoms with E-state index in [-0.39, 0.29) is 18.3 Å². The molecule has 1 atom stereocenters. The zero-order valence-electron chi connectivity index (χ0n) is 9.01. The van der Waals surface area contributed by atoms with Crippen molar-refractivity contribution < 1.29 is 13.2 Å². The van der Waals surface area contributed by atoms with Gasteiger partial charge in [0.1, 0.15) is 6.04 Å². The van der Waals surface area contributed by atoms with Crippen LogP contribution in [0, 0.1) is 5.92 Å². The summed E-state index contributed by atoms with van der Waals surface area (Å²) in [6.45, 7) is 1.85. The Labute approximate surface area is 90.1 Å². The van der Waals surface area contributed by atoms with E-state index in [1.807, 2.05) is 0 Å². The zero-order chi connectivity index (χ0) is 11.2. The van der Waals surface area contributed by atoms with E-state index in [1.54, 1.807) is 14.0 Å². The van der Waals surface area contributed by atoms with Crippen molar-refractivity contribution >= 4 is 15.9 Å². The van der Waals surface area contributed by atoms with E-state index in [9.17, 15) is 13.2 Å². The van der Waals surface area contributed by atoms with Crippen molar-refractivity contribution in [3.63, 3.8) is 0 Å². The van der Waals surface area contributed by atoms with E-state index in [1.165, 1.54) is 9.21 Å². The second-order valence-electron chi connectivity index (χ2n) is 4.46. The van der Waals surface area contributed by atoms with E-state index >= 15 is 0 Å². The Morgan fingerprint density at radius 1 is 1.40 bits per heavy atom. The highest BCUT2D eigenvalue weighted by molar-refractivity contribution is 7.89. The van der Waals surface area contributed by atoms with Gasteiger partial charge >= 0.3 is 0 Å². The first kappa shape index (κ1) is 10.9. The summed E-state index contributed by atoms with van der Waals surface area (Å²) in [7, 11) is -1.61. The van der Waals surface area contributed by atoms with Crippen molar-refractivity contribution in [1.29, 1.82) is 0 Å². The van der Waals surface area contributed by atoms with Gasteiger partial charge in [0.25, 0.3) is 0 Å². The predicted molar refractivity (Wildman–Crippen MR) is 55.4 cm³/mol. The van der Waals surface area contributed by atoms with Crippen LogP contribution < -0.4 is 0 Å². The molecule has 5 nitrogen and oxygen atoms in total. The molecule has 2 aliphatic rings. The van der Waals surface area contributed by atoms with Gasteiger partial charge < -0.3 is 4.90 Å². The largest absolute Gasteiger partial charge is 0.330 e. The Morgan fingerprint density at radius 2 is 2.00 bits per heavy atom. The summed E-state index contributed by atoms with van der Waals surface area (Å²) in [5.41, 5.74) is 0. The molecule has 1 heterocycles. The quantitative estimate of drug-likeness (QED) is 0.679. The van der Waals surface area contributed by atoms with E-state index in [4.69, 9.17) is 0 Å². The first-order valence-corrected chi connectivity index (χ1v) is 6.77. The van der Waals surface area contributed by atoms with E-state index < -0.39 is 16.1 Å². The van der Waals surface area contributed by atoms with E-state index in [0.29, 0.717) is 5.92 Å². The Kier molecular flexibility index (Phi) is 2.50. The fourth-order valence-electron chi connectivity index (χ4n) is 1.85. The minimum atomic E-state index is -3.24. The summed E-state index contributed by atoms with van der Waals surface area (Å²) in [6, 6.07) is -0.529. The van der Waals surface area contributed by atoms with Gasteiger partial charge in [0.2, 0.25) is 15.9 Å². The number of nitrogens with zero attached hydrogens (tertiary/aromatic N) is 2. The third-order valence-corrected chi connectivity index (χ3v) is 5.06. The molecule has 86 valence electrons. The van der Waals surface area contributed by atoms with Crippen LogP contribution in [0.4, 0.5) is 0 Å². The lowest BCUT2D eigenvalue weighted by atomic mass is 10.3. The van der Waals surface area contributed by atoms with E-state index in [2.05, 4.69) is 0 Å². The molecular weight excluding hydrogens is 216 g/mol. The fraction of sp³-hybridized carbons (Fsp3) is 0.889. The number of rotatable bonds is 3. The molecular formula is C9H16N2O3S. The van der Waals surface area contributed by atoms with Crippen molar-refractivity contribution in [3.05, 3.63) is 0 Å². The molecule has 2 rings (SSSR count). The van der Waals surface area contributed by atoms with E-state index in [0.717, 1.165) is 12.8 Å². The third kappa shape index (κ3) is 2.01. The lowest BCUT2D eigenvalue weighted by Gasteiger charge is -2.18. The molecule has 0 bridgehead atoms. The molecule has 1 saturated heterocycles. The fourth-order valence-corrected chi connectivity index (χ4v) is 3.89. The third-order valence-electron chi connectivity index (χ3n) is 3.02. The maximum Gasteiger partial charge on any atom is 0.241 e. The van der Waals surface area contributed by atoms with Crippen molar-refractivity contribution in [2.45, 2.75) is 25.8 Å². The molecule has 1 saturated carbocycles. The summed E-state index contributed by atoms with van der Waals surface area (Å²) in [4.78, 5) is 12.9. The maximum atomic E-state index is 11.9. The first-order chi connectivity index (χ1) is 6.92. The van der Waals surface area contributed by atoms with Crippen LogP contribution >= 0.6 is 0 Å². The molecule has 6 heteroatoms. The molecule has 1 amide bonds. The minimum Gasteiger partial charge on any atom is -0.330 e. The Balaban J connectivity index is 2.13. The Morgan fingerprint density at radius 3 is 2.40 bits per heavy atom. The normalized spacial score (nSPS) is 28.8. The minimum absolute atomic E-state index is 0.116. The monoisotopic (exact) mass is 232 g/mol. The summed E-state index contributed by atoms with van der Waals surface area (Å²) >= 11 is 0. The molecule has 1 unspecified atom stereocenters. The van der Waals surface area contributed by atoms with Crippen LogP contribution in [-0.2, 0) is 14.8 Å². The molecule has 0 aromatic carbocycles. The Bertz CT molecular complexity index is 375. The number of sulfonamides is 1. The van der Waals surface area contributed by atoms with Crippen LogP contribution in [0.3, 0.4) is 0 Å². The average molecular weight is 232 g/mol. The number of likely N-dealkylation sites (N-methyl/N-ethyl adjacent to an activating group) is 1. The van der Waals surface area contributed by atoms with Gasteiger partial charge in [0.05, 0.1) is 12.4 Å². The molecule has 2 fully saturated rings. The average Bonchev–Trinajstić information content (AvgIpc) is 2.89. The van der Waals surface area contributed by atoms with Crippen LogP contribution in [0.2, 0.25) is 0 Å². The van der Waals surface area contributed by atoms with Crippen molar-refractivity contribution in [1.82, 2.24) is 9.21 Å². The molecule has 1 aliphatic heterocycles. The highest BCUT2D eigenvalue weighted by Crippen LogP contribution is 2.32. The summed E-state index contributed by atoms with van der Waals surface area (Å²) in [5.74, 6) is 0.413. The predicted octanol–water partition coefficient (Wildman–Crippen LogP) is -0.154. The van der Waals surface area contributed by atoms with Gasteiger partial charge in [-0.3, -0.25) is 4.79 Å². The van der Waals surface area contributed by atoms with Crippen LogP contribution in [0.25, 0.3) is 0 Å². The second-order valence-corrected chi connectivity index (χ2v) is 6.43. The highest BCUT2D eigenvalue weighted by Gasteiger charge is 2.42. The number of amides is 1. The molecule has 0 aromatic heterocycles. The second kappa shape index (κ2) is 3.45. The van der Waals surface area contributed by atoms with Crippen molar-refractivity contribution in [3.8, 4) is 0 Å². The summed E-state index contributed by atoms with van der Waals surface area (Å²) < 4.78 is 25.2. The van der Waals surface area contributed by atoms with Crippen LogP contribution in [0.5, 0.6) is 0 Å². The molecule has 15 heavy (non-hydrogen) atoms. The van der Waals surface area contributed by atoms with Gasteiger partial charge in [-0.1, -0.05) is 0 Å². The van der Waals surface area contributed by atoms with Gasteiger partial charge in [0, 0.05) is 7.05 Å². The Hall–Kier alpha value is -0.620. The number of carbonyl (C=O) groups is 1. The number of hydrogen-bond acceptors (Lipinski definition) is 3. The molecule has 0 N–H and O–H groups in total. The molecule has 0 radical (unpaired) electrons. The summed E-state index contributed by atoms with van der Waals surface area (Å²) in [5, 5.41) is 0. The van der Waals surface area contributed by atoms with Crippen LogP contribution in [-0.4, -0.2) is 49.0 Å². The standard InChI is InChI=1S/C9H16N2O3S/c1-7-9(12)10(2)6-11(7)15(13,14)5-8-3-4-8/h7-8H,3-6H2,1-2H3. The SMILES string of the molecule is CC1C(=O)N(C)CN1S(=O)(=O)CC1CC1. The molecule has 0 spiro atoms. The smallest absolute Gasteiger partial charge is 0.241 e. The maximum absolute atomic E-state index is 11.9. The van der Waals surface area contributed by atoms with Gasteiger partial charge in [-0.15, -0.1) is 0 Å². The molecule has 0 aromatic rings. The van der Waals surface area contributed by atoms with Gasteiger partial charge in [-0.2, -0.15) is 4.31 Å².